The van der Waals surface area contributed by atoms with Gasteiger partial charge in [-0.05, 0) is 42.3 Å². The van der Waals surface area contributed by atoms with Gasteiger partial charge in [-0.2, -0.15) is 0 Å². The molecule has 7 heteroatoms. The Morgan fingerprint density at radius 1 is 1.04 bits per heavy atom. The van der Waals surface area contributed by atoms with Crippen molar-refractivity contribution in [1.82, 2.24) is 14.8 Å². The van der Waals surface area contributed by atoms with Crippen molar-refractivity contribution in [2.45, 2.75) is 13.3 Å². The molecule has 2 aliphatic rings. The molecule has 7 nitrogen and oxygen atoms in total. The van der Waals surface area contributed by atoms with Crippen LogP contribution in [0, 0.1) is 6.92 Å². The zero-order valence-corrected chi connectivity index (χ0v) is 15.4. The van der Waals surface area contributed by atoms with E-state index in [0.717, 1.165) is 16.9 Å². The molecule has 1 aromatic heterocycles. The number of piperazine rings is 1. The summed E-state index contributed by atoms with van der Waals surface area (Å²) in [4.78, 5) is 31.7. The Hall–Kier alpha value is -2.96. The molecule has 2 aromatic rings. The van der Waals surface area contributed by atoms with Gasteiger partial charge in [-0.15, -0.1) is 0 Å². The van der Waals surface area contributed by atoms with E-state index in [1.54, 1.807) is 17.2 Å². The summed E-state index contributed by atoms with van der Waals surface area (Å²) in [6.45, 7) is 5.25. The van der Waals surface area contributed by atoms with Crippen molar-refractivity contribution >= 4 is 11.8 Å². The molecule has 0 radical (unpaired) electrons. The second kappa shape index (κ2) is 7.34. The molecule has 4 rings (SSSR count). The second-order valence-electron chi connectivity index (χ2n) is 6.86. The van der Waals surface area contributed by atoms with E-state index in [4.69, 9.17) is 9.47 Å². The number of hydrogen-bond donors (Lipinski definition) is 1. The van der Waals surface area contributed by atoms with Crippen LogP contribution in [0.4, 0.5) is 0 Å². The van der Waals surface area contributed by atoms with Crippen molar-refractivity contribution < 1.29 is 19.1 Å². The highest BCUT2D eigenvalue weighted by Crippen LogP contribution is 2.33. The number of H-pyrrole nitrogens is 1. The fourth-order valence-corrected chi connectivity index (χ4v) is 3.49. The Bertz CT molecular complexity index is 839. The van der Waals surface area contributed by atoms with Crippen LogP contribution in [-0.4, -0.2) is 66.0 Å². The lowest BCUT2D eigenvalue weighted by Crippen LogP contribution is -2.51. The molecule has 2 amide bonds. The summed E-state index contributed by atoms with van der Waals surface area (Å²) in [5.41, 5.74) is 2.56. The first-order valence-corrected chi connectivity index (χ1v) is 9.21. The number of carbonyl (C=O) groups excluding carboxylic acids is 2. The Kier molecular flexibility index (Phi) is 4.75. The van der Waals surface area contributed by atoms with E-state index in [9.17, 15) is 9.59 Å². The molecule has 1 saturated heterocycles. The van der Waals surface area contributed by atoms with Crippen LogP contribution in [0.25, 0.3) is 0 Å². The molecule has 1 aromatic carbocycles. The summed E-state index contributed by atoms with van der Waals surface area (Å²) >= 11 is 0. The Labute approximate surface area is 157 Å². The van der Waals surface area contributed by atoms with E-state index in [2.05, 4.69) is 4.98 Å². The monoisotopic (exact) mass is 369 g/mol. The van der Waals surface area contributed by atoms with Crippen LogP contribution < -0.4 is 9.47 Å². The number of amides is 2. The maximum atomic E-state index is 12.7. The standard InChI is InChI=1S/C20H23N3O4/c1-14-11-17-18(27-10-9-26-17)12-15(14)13-19(24)22-5-7-23(8-6-22)20(25)16-3-2-4-21-16/h2-4,11-12,21H,5-10,13H2,1H3. The number of fused-ring (bicyclic) bond motifs is 1. The van der Waals surface area contributed by atoms with Crippen LogP contribution in [0.5, 0.6) is 11.5 Å². The summed E-state index contributed by atoms with van der Waals surface area (Å²) in [5, 5.41) is 0. The highest BCUT2D eigenvalue weighted by molar-refractivity contribution is 5.92. The molecule has 0 saturated carbocycles. The second-order valence-corrected chi connectivity index (χ2v) is 6.86. The van der Waals surface area contributed by atoms with Crippen molar-refractivity contribution in [1.29, 1.82) is 0 Å². The number of nitrogens with one attached hydrogen (secondary N) is 1. The average molecular weight is 369 g/mol. The number of nitrogens with zero attached hydrogens (tertiary/aromatic N) is 2. The van der Waals surface area contributed by atoms with Crippen molar-refractivity contribution in [3.05, 3.63) is 47.3 Å². The summed E-state index contributed by atoms with van der Waals surface area (Å²) in [6.07, 6.45) is 2.07. The van der Waals surface area contributed by atoms with Gasteiger partial charge in [-0.25, -0.2) is 0 Å². The van der Waals surface area contributed by atoms with E-state index >= 15 is 0 Å². The van der Waals surface area contributed by atoms with Gasteiger partial charge in [0, 0.05) is 32.4 Å². The van der Waals surface area contributed by atoms with Gasteiger partial charge in [-0.3, -0.25) is 9.59 Å². The van der Waals surface area contributed by atoms with Gasteiger partial charge < -0.3 is 24.3 Å². The summed E-state index contributed by atoms with van der Waals surface area (Å²) in [6, 6.07) is 7.42. The zero-order chi connectivity index (χ0) is 18.8. The predicted molar refractivity (Wildman–Crippen MR) is 99.1 cm³/mol. The van der Waals surface area contributed by atoms with E-state index in [0.29, 0.717) is 57.3 Å². The third-order valence-corrected chi connectivity index (χ3v) is 5.09. The number of aryl methyl sites for hydroxylation is 1. The van der Waals surface area contributed by atoms with Gasteiger partial charge in [0.25, 0.3) is 5.91 Å². The minimum atomic E-state index is -0.0187. The van der Waals surface area contributed by atoms with Crippen molar-refractivity contribution in [2.75, 3.05) is 39.4 Å². The molecule has 0 spiro atoms. The molecular formula is C20H23N3O4. The first-order valence-electron chi connectivity index (χ1n) is 9.21. The summed E-state index contributed by atoms with van der Waals surface area (Å²) < 4.78 is 11.2. The van der Waals surface area contributed by atoms with E-state index in [1.165, 1.54) is 0 Å². The highest BCUT2D eigenvalue weighted by atomic mass is 16.6. The molecule has 0 aliphatic carbocycles. The number of rotatable bonds is 3. The summed E-state index contributed by atoms with van der Waals surface area (Å²) in [5.74, 6) is 1.50. The topological polar surface area (TPSA) is 74.9 Å². The fraction of sp³-hybridized carbons (Fsp3) is 0.400. The third-order valence-electron chi connectivity index (χ3n) is 5.09. The van der Waals surface area contributed by atoms with Crippen LogP contribution in [0.1, 0.15) is 21.6 Å². The maximum Gasteiger partial charge on any atom is 0.270 e. The van der Waals surface area contributed by atoms with Gasteiger partial charge in [0.2, 0.25) is 5.91 Å². The SMILES string of the molecule is Cc1cc2c(cc1CC(=O)N1CCN(C(=O)c3ccc[nH]3)CC1)OCCO2. The van der Waals surface area contributed by atoms with Crippen LogP contribution >= 0.6 is 0 Å². The molecule has 1 fully saturated rings. The molecule has 1 N–H and O–H groups in total. The predicted octanol–water partition coefficient (Wildman–Crippen LogP) is 1.62. The van der Waals surface area contributed by atoms with Gasteiger partial charge in [0.1, 0.15) is 18.9 Å². The Balaban J connectivity index is 1.37. The van der Waals surface area contributed by atoms with Gasteiger partial charge in [-0.1, -0.05) is 0 Å². The lowest BCUT2D eigenvalue weighted by atomic mass is 10.0. The smallest absolute Gasteiger partial charge is 0.270 e. The van der Waals surface area contributed by atoms with Crippen LogP contribution in [0.2, 0.25) is 0 Å². The average Bonchev–Trinajstić information content (AvgIpc) is 3.23. The van der Waals surface area contributed by atoms with Crippen LogP contribution in [0.3, 0.4) is 0 Å². The lowest BCUT2D eigenvalue weighted by molar-refractivity contribution is -0.131. The Morgan fingerprint density at radius 2 is 1.70 bits per heavy atom. The molecule has 27 heavy (non-hydrogen) atoms. The number of aromatic nitrogens is 1. The molecule has 0 bridgehead atoms. The molecule has 3 heterocycles. The largest absolute Gasteiger partial charge is 0.486 e. The van der Waals surface area contributed by atoms with E-state index in [-0.39, 0.29) is 11.8 Å². The van der Waals surface area contributed by atoms with E-state index < -0.39 is 0 Å². The lowest BCUT2D eigenvalue weighted by Gasteiger charge is -2.34. The molecule has 142 valence electrons. The first kappa shape index (κ1) is 17.5. The van der Waals surface area contributed by atoms with Crippen molar-refractivity contribution in [3.8, 4) is 11.5 Å². The molecule has 0 unspecified atom stereocenters. The number of ether oxygens (including phenoxy) is 2. The number of hydrogen-bond acceptors (Lipinski definition) is 4. The number of benzene rings is 1. The number of aromatic amines is 1. The fourth-order valence-electron chi connectivity index (χ4n) is 3.49. The normalized spacial score (nSPS) is 16.3. The summed E-state index contributed by atoms with van der Waals surface area (Å²) in [7, 11) is 0. The minimum absolute atomic E-state index is 0.0187. The quantitative estimate of drug-likeness (QED) is 0.892. The van der Waals surface area contributed by atoms with Gasteiger partial charge >= 0.3 is 0 Å². The minimum Gasteiger partial charge on any atom is -0.486 e. The molecule has 0 atom stereocenters. The van der Waals surface area contributed by atoms with Gasteiger partial charge in [0.05, 0.1) is 6.42 Å². The van der Waals surface area contributed by atoms with Crippen LogP contribution in [0.15, 0.2) is 30.5 Å². The highest BCUT2D eigenvalue weighted by Gasteiger charge is 2.26. The van der Waals surface area contributed by atoms with Gasteiger partial charge in [0.15, 0.2) is 11.5 Å². The van der Waals surface area contributed by atoms with Crippen molar-refractivity contribution in [3.63, 3.8) is 0 Å². The molecule has 2 aliphatic heterocycles. The maximum absolute atomic E-state index is 12.7. The third kappa shape index (κ3) is 3.63. The molecular weight excluding hydrogens is 346 g/mol. The van der Waals surface area contributed by atoms with E-state index in [1.807, 2.05) is 30.0 Å². The van der Waals surface area contributed by atoms with Crippen LogP contribution in [-0.2, 0) is 11.2 Å². The first-order chi connectivity index (χ1) is 13.1. The zero-order valence-electron chi connectivity index (χ0n) is 15.4. The van der Waals surface area contributed by atoms with Crippen molar-refractivity contribution in [2.24, 2.45) is 0 Å². The number of carbonyl (C=O) groups is 2. The Morgan fingerprint density at radius 3 is 2.37 bits per heavy atom.